The molecule has 1 N–H and O–H groups in total. The van der Waals surface area contributed by atoms with Gasteiger partial charge in [0.05, 0.1) is 7.11 Å². The number of hydrogen-bond acceptors (Lipinski definition) is 3. The number of alkyl halides is 3. The second-order valence-electron chi connectivity index (χ2n) is 4.83. The number of carbonyl (C=O) groups excluding carboxylic acids is 1. The summed E-state index contributed by atoms with van der Waals surface area (Å²) >= 11 is 0. The maximum atomic E-state index is 12.4. The highest BCUT2D eigenvalue weighted by atomic mass is 19.4. The Morgan fingerprint density at radius 3 is 2.57 bits per heavy atom. The summed E-state index contributed by atoms with van der Waals surface area (Å²) in [5, 5.41) is 2.57. The number of ether oxygens (including phenoxy) is 1. The van der Waals surface area contributed by atoms with Crippen molar-refractivity contribution in [3.8, 4) is 5.75 Å². The van der Waals surface area contributed by atoms with E-state index in [0.29, 0.717) is 16.5 Å². The zero-order valence-corrected chi connectivity index (χ0v) is 12.5. The minimum atomic E-state index is -4.52. The van der Waals surface area contributed by atoms with Crippen molar-refractivity contribution in [3.63, 3.8) is 0 Å². The van der Waals surface area contributed by atoms with Crippen LogP contribution in [-0.4, -0.2) is 30.3 Å². The fraction of sp³-hybridized carbons (Fsp3) is 0.333. The summed E-state index contributed by atoms with van der Waals surface area (Å²) in [5.41, 5.74) is -0.563. The van der Waals surface area contributed by atoms with Crippen molar-refractivity contribution in [1.29, 1.82) is 0 Å². The van der Waals surface area contributed by atoms with E-state index < -0.39 is 24.2 Å². The predicted octanol–water partition coefficient (Wildman–Crippen LogP) is 2.32. The van der Waals surface area contributed by atoms with Gasteiger partial charge in [-0.05, 0) is 36.6 Å². The number of fused-ring (bicyclic) bond motifs is 1. The fourth-order valence-corrected chi connectivity index (χ4v) is 2.24. The number of pyridine rings is 1. The van der Waals surface area contributed by atoms with E-state index >= 15 is 0 Å². The van der Waals surface area contributed by atoms with Gasteiger partial charge in [0.25, 0.3) is 11.5 Å². The van der Waals surface area contributed by atoms with Gasteiger partial charge >= 0.3 is 6.18 Å². The molecule has 1 aromatic heterocycles. The first-order chi connectivity index (χ1) is 10.8. The summed E-state index contributed by atoms with van der Waals surface area (Å²) < 4.78 is 42.9. The van der Waals surface area contributed by atoms with E-state index in [9.17, 15) is 22.8 Å². The molecule has 1 aromatic carbocycles. The zero-order chi connectivity index (χ0) is 17.2. The summed E-state index contributed by atoms with van der Waals surface area (Å²) in [6, 6.07) is 6.10. The average Bonchev–Trinajstić information content (AvgIpc) is 2.51. The third-order valence-electron chi connectivity index (χ3n) is 3.32. The van der Waals surface area contributed by atoms with E-state index in [-0.39, 0.29) is 12.2 Å². The number of amides is 1. The van der Waals surface area contributed by atoms with Crippen LogP contribution in [0.1, 0.15) is 17.4 Å². The molecule has 0 atom stereocenters. The van der Waals surface area contributed by atoms with Crippen molar-refractivity contribution in [2.75, 3.05) is 13.7 Å². The fourth-order valence-electron chi connectivity index (χ4n) is 2.24. The van der Waals surface area contributed by atoms with Crippen LogP contribution in [0.3, 0.4) is 0 Å². The molecule has 2 rings (SSSR count). The van der Waals surface area contributed by atoms with Crippen LogP contribution < -0.4 is 15.6 Å². The van der Waals surface area contributed by atoms with Gasteiger partial charge in [-0.1, -0.05) is 0 Å². The second kappa shape index (κ2) is 6.31. The van der Waals surface area contributed by atoms with E-state index in [1.54, 1.807) is 30.4 Å². The number of halogens is 3. The lowest BCUT2D eigenvalue weighted by molar-refractivity contribution is -0.123. The van der Waals surface area contributed by atoms with Crippen LogP contribution in [0.5, 0.6) is 5.75 Å². The smallest absolute Gasteiger partial charge is 0.405 e. The van der Waals surface area contributed by atoms with Crippen LogP contribution >= 0.6 is 0 Å². The molecule has 0 aliphatic heterocycles. The third-order valence-corrected chi connectivity index (χ3v) is 3.32. The van der Waals surface area contributed by atoms with Gasteiger partial charge < -0.3 is 14.6 Å². The lowest BCUT2D eigenvalue weighted by Gasteiger charge is -2.14. The zero-order valence-electron chi connectivity index (χ0n) is 12.5. The highest BCUT2D eigenvalue weighted by molar-refractivity contribution is 5.97. The molecule has 0 aliphatic carbocycles. The topological polar surface area (TPSA) is 60.3 Å². The van der Waals surface area contributed by atoms with E-state index in [2.05, 4.69) is 0 Å². The van der Waals surface area contributed by atoms with E-state index in [4.69, 9.17) is 4.74 Å². The number of aromatic nitrogens is 1. The first-order valence-electron chi connectivity index (χ1n) is 6.83. The standard InChI is InChI=1S/C15H15F3N2O3/c1-3-20-12(13(21)19-8-15(16,17)18)7-9-6-10(23-2)4-5-11(9)14(20)22/h4-7H,3,8H2,1-2H3,(H,19,21). The largest absolute Gasteiger partial charge is 0.497 e. The maximum Gasteiger partial charge on any atom is 0.405 e. The van der Waals surface area contributed by atoms with Crippen molar-refractivity contribution in [2.24, 2.45) is 0 Å². The minimum Gasteiger partial charge on any atom is -0.497 e. The van der Waals surface area contributed by atoms with Gasteiger partial charge in [-0.15, -0.1) is 0 Å². The van der Waals surface area contributed by atoms with Crippen LogP contribution in [-0.2, 0) is 6.54 Å². The van der Waals surface area contributed by atoms with Crippen molar-refractivity contribution in [3.05, 3.63) is 40.3 Å². The number of rotatable bonds is 4. The SMILES string of the molecule is CCn1c(C(=O)NCC(F)(F)F)cc2cc(OC)ccc2c1=O. The molecule has 0 fully saturated rings. The molecule has 2 aromatic rings. The molecule has 0 saturated carbocycles. The van der Waals surface area contributed by atoms with Crippen molar-refractivity contribution >= 4 is 16.7 Å². The van der Waals surface area contributed by atoms with Crippen LogP contribution in [0.15, 0.2) is 29.1 Å². The number of hydrogen-bond donors (Lipinski definition) is 1. The lowest BCUT2D eigenvalue weighted by Crippen LogP contribution is -2.37. The molecule has 5 nitrogen and oxygen atoms in total. The Balaban J connectivity index is 2.53. The van der Waals surface area contributed by atoms with Gasteiger partial charge in [0.15, 0.2) is 0 Å². The summed E-state index contributed by atoms with van der Waals surface area (Å²) in [7, 11) is 1.45. The van der Waals surface area contributed by atoms with E-state index in [0.717, 1.165) is 4.57 Å². The second-order valence-corrected chi connectivity index (χ2v) is 4.83. The van der Waals surface area contributed by atoms with Gasteiger partial charge in [0.1, 0.15) is 18.0 Å². The predicted molar refractivity (Wildman–Crippen MR) is 78.8 cm³/mol. The molecule has 0 unspecified atom stereocenters. The number of nitrogens with one attached hydrogen (secondary N) is 1. The molecule has 1 amide bonds. The normalized spacial score (nSPS) is 11.5. The van der Waals surface area contributed by atoms with Gasteiger partial charge in [0, 0.05) is 11.9 Å². The molecule has 1 heterocycles. The average molecular weight is 328 g/mol. The van der Waals surface area contributed by atoms with E-state index in [1.165, 1.54) is 13.2 Å². The van der Waals surface area contributed by atoms with Crippen LogP contribution in [0.25, 0.3) is 10.8 Å². The van der Waals surface area contributed by atoms with Crippen LogP contribution in [0, 0.1) is 0 Å². The number of benzene rings is 1. The molecule has 0 radical (unpaired) electrons. The van der Waals surface area contributed by atoms with Crippen LogP contribution in [0.4, 0.5) is 13.2 Å². The molecule has 23 heavy (non-hydrogen) atoms. The Morgan fingerprint density at radius 2 is 2.00 bits per heavy atom. The molecular formula is C15H15F3N2O3. The Bertz CT molecular complexity index is 797. The van der Waals surface area contributed by atoms with E-state index in [1.807, 2.05) is 0 Å². The molecule has 0 aliphatic rings. The van der Waals surface area contributed by atoms with Gasteiger partial charge in [-0.2, -0.15) is 13.2 Å². The number of carbonyl (C=O) groups is 1. The lowest BCUT2D eigenvalue weighted by atomic mass is 10.1. The molecule has 0 spiro atoms. The highest BCUT2D eigenvalue weighted by Gasteiger charge is 2.28. The Morgan fingerprint density at radius 1 is 1.30 bits per heavy atom. The van der Waals surface area contributed by atoms with Gasteiger partial charge in [-0.3, -0.25) is 9.59 Å². The summed E-state index contributed by atoms with van der Waals surface area (Å²) in [6.45, 7) is 0.340. The number of nitrogens with zero attached hydrogens (tertiary/aromatic N) is 1. The molecule has 0 bridgehead atoms. The monoisotopic (exact) mass is 328 g/mol. The maximum absolute atomic E-state index is 12.4. The summed E-state index contributed by atoms with van der Waals surface area (Å²) in [5.74, 6) is -0.473. The van der Waals surface area contributed by atoms with Crippen molar-refractivity contribution in [2.45, 2.75) is 19.6 Å². The molecular weight excluding hydrogens is 313 g/mol. The van der Waals surface area contributed by atoms with Gasteiger partial charge in [-0.25, -0.2) is 0 Å². The minimum absolute atomic E-state index is 0.123. The molecule has 124 valence electrons. The molecule has 8 heteroatoms. The van der Waals surface area contributed by atoms with Crippen LogP contribution in [0.2, 0.25) is 0 Å². The third kappa shape index (κ3) is 3.64. The quantitative estimate of drug-likeness (QED) is 0.937. The Labute approximate surface area is 129 Å². The highest BCUT2D eigenvalue weighted by Crippen LogP contribution is 2.20. The summed E-state index contributed by atoms with van der Waals surface area (Å²) in [6.07, 6.45) is -4.52. The Hall–Kier alpha value is -2.51. The number of methoxy groups -OCH3 is 1. The molecule has 0 saturated heterocycles. The Kier molecular flexibility index (Phi) is 4.63. The summed E-state index contributed by atoms with van der Waals surface area (Å²) in [4.78, 5) is 24.4. The first kappa shape index (κ1) is 16.9. The van der Waals surface area contributed by atoms with Gasteiger partial charge in [0.2, 0.25) is 0 Å². The van der Waals surface area contributed by atoms with Crippen molar-refractivity contribution < 1.29 is 22.7 Å². The first-order valence-corrected chi connectivity index (χ1v) is 6.83. The van der Waals surface area contributed by atoms with Crippen molar-refractivity contribution in [1.82, 2.24) is 9.88 Å².